The lowest BCUT2D eigenvalue weighted by molar-refractivity contribution is -0.155. The second-order valence-corrected chi connectivity index (χ2v) is 9.92. The molecule has 0 saturated heterocycles. The molecule has 0 unspecified atom stereocenters. The average molecular weight is 492 g/mol. The van der Waals surface area contributed by atoms with Crippen LogP contribution in [0.25, 0.3) is 10.6 Å². The minimum Gasteiger partial charge on any atom is -0.480 e. The number of hydrogen-bond acceptors (Lipinski definition) is 6. The van der Waals surface area contributed by atoms with Crippen LogP contribution in [0.4, 0.5) is 17.6 Å². The summed E-state index contributed by atoms with van der Waals surface area (Å²) in [6, 6.07) is 7.00. The first-order valence-corrected chi connectivity index (χ1v) is 11.3. The van der Waals surface area contributed by atoms with E-state index in [1.807, 2.05) is 0 Å². The van der Waals surface area contributed by atoms with Crippen molar-refractivity contribution >= 4 is 27.3 Å². The van der Waals surface area contributed by atoms with Gasteiger partial charge in [-0.1, -0.05) is 24.2 Å². The van der Waals surface area contributed by atoms with Crippen molar-refractivity contribution in [3.63, 3.8) is 0 Å². The Morgan fingerprint density at radius 1 is 1.25 bits per heavy atom. The summed E-state index contributed by atoms with van der Waals surface area (Å²) >= 11 is 0.605. The molecule has 0 spiro atoms. The molecule has 0 bridgehead atoms. The third-order valence-electron chi connectivity index (χ3n) is 4.49. The van der Waals surface area contributed by atoms with Crippen LogP contribution in [-0.2, 0) is 21.0 Å². The Balaban J connectivity index is 1.78. The van der Waals surface area contributed by atoms with Gasteiger partial charge in [-0.05, 0) is 42.2 Å². The molecule has 2 heterocycles. The monoisotopic (exact) mass is 492 g/mol. The molecule has 0 radical (unpaired) electrons. The Bertz CT molecular complexity index is 1220. The third kappa shape index (κ3) is 5.53. The number of halogens is 4. The Hall–Kier alpha value is -2.77. The van der Waals surface area contributed by atoms with Crippen LogP contribution < -0.4 is 4.72 Å². The SMILES string of the molecule is C[C@@H](C[C@@H](NS(=O)(=O)c1ccc(-c2cc(C(F)(F)F)on2)s1)C(=O)O)c1cccc(F)c1. The first-order valence-electron chi connectivity index (χ1n) is 9.01. The molecular weight excluding hydrogens is 476 g/mol. The molecule has 0 saturated carbocycles. The molecule has 0 fully saturated rings. The molecule has 2 aromatic heterocycles. The Morgan fingerprint density at radius 2 is 1.97 bits per heavy atom. The van der Waals surface area contributed by atoms with Crippen molar-refractivity contribution in [3.05, 3.63) is 59.6 Å². The molecule has 3 rings (SSSR count). The molecule has 0 aliphatic heterocycles. The number of sulfonamides is 1. The lowest BCUT2D eigenvalue weighted by Gasteiger charge is -2.19. The van der Waals surface area contributed by atoms with Crippen molar-refractivity contribution in [2.75, 3.05) is 0 Å². The number of carboxylic acid groups (broad SMARTS) is 1. The topological polar surface area (TPSA) is 110 Å². The van der Waals surface area contributed by atoms with Crippen LogP contribution in [0.3, 0.4) is 0 Å². The predicted octanol–water partition coefficient (Wildman–Crippen LogP) is 4.49. The Morgan fingerprint density at radius 3 is 2.56 bits per heavy atom. The number of carbonyl (C=O) groups is 1. The number of alkyl halides is 3. The van der Waals surface area contributed by atoms with E-state index in [1.165, 1.54) is 24.3 Å². The fraction of sp³-hybridized carbons (Fsp3) is 0.263. The van der Waals surface area contributed by atoms with Crippen LogP contribution in [-0.4, -0.2) is 30.7 Å². The van der Waals surface area contributed by atoms with Gasteiger partial charge in [0.15, 0.2) is 0 Å². The molecule has 172 valence electrons. The highest BCUT2D eigenvalue weighted by Crippen LogP contribution is 2.35. The van der Waals surface area contributed by atoms with Crippen molar-refractivity contribution in [2.24, 2.45) is 0 Å². The summed E-state index contributed by atoms with van der Waals surface area (Å²) in [6.07, 6.45) is -4.90. The number of benzene rings is 1. The maximum absolute atomic E-state index is 13.4. The molecule has 0 amide bonds. The summed E-state index contributed by atoms with van der Waals surface area (Å²) in [7, 11) is -4.32. The number of aliphatic carboxylic acids is 1. The zero-order chi connectivity index (χ0) is 23.7. The van der Waals surface area contributed by atoms with Gasteiger partial charge in [-0.15, -0.1) is 11.3 Å². The van der Waals surface area contributed by atoms with E-state index in [2.05, 4.69) is 14.4 Å². The van der Waals surface area contributed by atoms with Gasteiger partial charge < -0.3 is 9.63 Å². The smallest absolute Gasteiger partial charge is 0.452 e. The molecule has 0 aliphatic carbocycles. The lowest BCUT2D eigenvalue weighted by atomic mass is 9.94. The maximum atomic E-state index is 13.4. The van der Waals surface area contributed by atoms with Crippen LogP contribution in [0, 0.1) is 5.82 Å². The van der Waals surface area contributed by atoms with Gasteiger partial charge in [0.05, 0.1) is 4.88 Å². The first kappa shape index (κ1) is 23.9. The molecular formula is C19H16F4N2O5S2. The van der Waals surface area contributed by atoms with E-state index in [9.17, 15) is 35.9 Å². The largest absolute Gasteiger partial charge is 0.480 e. The van der Waals surface area contributed by atoms with Crippen molar-refractivity contribution in [3.8, 4) is 10.6 Å². The molecule has 3 aromatic rings. The number of thiophene rings is 1. The van der Waals surface area contributed by atoms with Gasteiger partial charge in [0.25, 0.3) is 10.0 Å². The lowest BCUT2D eigenvalue weighted by Crippen LogP contribution is -2.41. The van der Waals surface area contributed by atoms with Crippen molar-refractivity contribution in [2.45, 2.75) is 35.7 Å². The predicted molar refractivity (Wildman–Crippen MR) is 106 cm³/mol. The van der Waals surface area contributed by atoms with Gasteiger partial charge in [0.2, 0.25) is 5.76 Å². The number of carboxylic acids is 1. The zero-order valence-electron chi connectivity index (χ0n) is 16.3. The second-order valence-electron chi connectivity index (χ2n) is 6.90. The minimum absolute atomic E-state index is 0.0876. The molecule has 2 atom stereocenters. The number of nitrogens with one attached hydrogen (secondary N) is 1. The maximum Gasteiger partial charge on any atom is 0.452 e. The third-order valence-corrected chi connectivity index (χ3v) is 7.56. The average Bonchev–Trinajstić information content (AvgIpc) is 3.36. The Labute approximate surface area is 183 Å². The van der Waals surface area contributed by atoms with E-state index in [-0.39, 0.29) is 21.2 Å². The highest BCUT2D eigenvalue weighted by molar-refractivity contribution is 7.91. The van der Waals surface area contributed by atoms with E-state index in [0.717, 1.165) is 6.07 Å². The zero-order valence-corrected chi connectivity index (χ0v) is 17.9. The van der Waals surface area contributed by atoms with E-state index in [1.54, 1.807) is 13.0 Å². The quantitative estimate of drug-likeness (QED) is 0.449. The van der Waals surface area contributed by atoms with Crippen molar-refractivity contribution in [1.29, 1.82) is 0 Å². The van der Waals surface area contributed by atoms with Crippen LogP contribution in [0.5, 0.6) is 0 Å². The van der Waals surface area contributed by atoms with Gasteiger partial charge >= 0.3 is 12.1 Å². The van der Waals surface area contributed by atoms with Crippen LogP contribution in [0.1, 0.15) is 30.6 Å². The molecule has 0 aliphatic rings. The number of nitrogens with zero attached hydrogens (tertiary/aromatic N) is 1. The van der Waals surface area contributed by atoms with E-state index in [0.29, 0.717) is 23.0 Å². The highest BCUT2D eigenvalue weighted by atomic mass is 32.2. The van der Waals surface area contributed by atoms with E-state index in [4.69, 9.17) is 0 Å². The fourth-order valence-electron chi connectivity index (χ4n) is 2.87. The van der Waals surface area contributed by atoms with Gasteiger partial charge in [-0.3, -0.25) is 4.79 Å². The van der Waals surface area contributed by atoms with Gasteiger partial charge in [-0.25, -0.2) is 12.8 Å². The molecule has 32 heavy (non-hydrogen) atoms. The van der Waals surface area contributed by atoms with Crippen LogP contribution in [0.15, 0.2) is 51.2 Å². The summed E-state index contributed by atoms with van der Waals surface area (Å²) in [5.41, 5.74) is 0.290. The summed E-state index contributed by atoms with van der Waals surface area (Å²) in [5.74, 6) is -3.75. The van der Waals surface area contributed by atoms with Crippen LogP contribution >= 0.6 is 11.3 Å². The van der Waals surface area contributed by atoms with Crippen LogP contribution in [0.2, 0.25) is 0 Å². The Kier molecular flexibility index (Phi) is 6.72. The molecule has 1 aromatic carbocycles. The van der Waals surface area contributed by atoms with E-state index < -0.39 is 45.7 Å². The summed E-state index contributed by atoms with van der Waals surface area (Å²) in [4.78, 5) is 11.7. The normalized spacial score (nSPS) is 14.3. The summed E-state index contributed by atoms with van der Waals surface area (Å²) in [5, 5.41) is 12.8. The molecule has 2 N–H and O–H groups in total. The standard InChI is InChI=1S/C19H16F4N2O5S2/c1-10(11-3-2-4-12(20)8-11)7-14(18(26)27)25-32(28,29)17-6-5-15(31-17)13-9-16(30-24-13)19(21,22)23/h2-6,8-10,14,25H,7H2,1H3,(H,26,27)/t10-,14+/m0/s1. The highest BCUT2D eigenvalue weighted by Gasteiger charge is 2.36. The molecule has 13 heteroatoms. The van der Waals surface area contributed by atoms with Gasteiger partial charge in [-0.2, -0.15) is 17.9 Å². The van der Waals surface area contributed by atoms with Gasteiger partial charge in [0, 0.05) is 6.07 Å². The second kappa shape index (κ2) is 9.00. The fourth-order valence-corrected chi connectivity index (χ4v) is 5.35. The number of hydrogen-bond donors (Lipinski definition) is 2. The number of aromatic nitrogens is 1. The van der Waals surface area contributed by atoms with Gasteiger partial charge in [0.1, 0.15) is 21.8 Å². The number of rotatable bonds is 8. The summed E-state index contributed by atoms with van der Waals surface area (Å²) < 4.78 is 82.8. The van der Waals surface area contributed by atoms with Crippen molar-refractivity contribution in [1.82, 2.24) is 9.88 Å². The van der Waals surface area contributed by atoms with Crippen molar-refractivity contribution < 1.29 is 40.4 Å². The van der Waals surface area contributed by atoms with E-state index >= 15 is 0 Å². The molecule has 7 nitrogen and oxygen atoms in total. The minimum atomic E-state index is -4.74. The summed E-state index contributed by atoms with van der Waals surface area (Å²) in [6.45, 7) is 1.63. The first-order chi connectivity index (χ1) is 14.9.